The van der Waals surface area contributed by atoms with Gasteiger partial charge in [0.2, 0.25) is 0 Å². The minimum Gasteiger partial charge on any atom is -0.508 e. The van der Waals surface area contributed by atoms with Crippen molar-refractivity contribution < 1.29 is 30.0 Å². The molecule has 6 nitrogen and oxygen atoms in total. The van der Waals surface area contributed by atoms with Crippen LogP contribution in [0.25, 0.3) is 0 Å². The number of rotatable bonds is 8. The summed E-state index contributed by atoms with van der Waals surface area (Å²) in [5.74, 6) is -0.829. The third kappa shape index (κ3) is 5.00. The molecule has 27 heavy (non-hydrogen) atoms. The number of aromatic hydroxyl groups is 4. The third-order valence-electron chi connectivity index (χ3n) is 4.66. The number of unbranched alkanes of at least 4 members (excludes halogenated alkanes) is 2. The van der Waals surface area contributed by atoms with Crippen LogP contribution in [0.3, 0.4) is 0 Å². The predicted molar refractivity (Wildman–Crippen MR) is 101 cm³/mol. The Morgan fingerprint density at radius 2 is 0.926 bits per heavy atom. The van der Waals surface area contributed by atoms with Crippen LogP contribution in [0.4, 0.5) is 0 Å². The number of phenols is 4. The van der Waals surface area contributed by atoms with Gasteiger partial charge in [0, 0.05) is 35.1 Å². The van der Waals surface area contributed by atoms with Crippen molar-refractivity contribution in [2.24, 2.45) is 0 Å². The highest BCUT2D eigenvalue weighted by Gasteiger charge is 2.13. The monoisotopic (exact) mass is 372 g/mol. The first-order chi connectivity index (χ1) is 12.7. The number of benzene rings is 2. The van der Waals surface area contributed by atoms with Gasteiger partial charge in [-0.3, -0.25) is 9.59 Å². The second-order valence-corrected chi connectivity index (χ2v) is 6.69. The summed E-state index contributed by atoms with van der Waals surface area (Å²) in [5.41, 5.74) is 1.19. The van der Waals surface area contributed by atoms with Crippen LogP contribution in [0, 0.1) is 13.8 Å². The van der Waals surface area contributed by atoms with E-state index in [0.717, 1.165) is 0 Å². The summed E-state index contributed by atoms with van der Waals surface area (Å²) in [5, 5.41) is 38.7. The standard InChI is InChI=1S/C21H24O6/c1-12-18(24)8-14(9-19(12)25)16(22)6-4-3-5-7-17(23)15-10-20(26)13(2)21(27)11-15/h8-11,24-27H,3-7H2,1-2H3. The van der Waals surface area contributed by atoms with Gasteiger partial charge in [-0.1, -0.05) is 6.42 Å². The molecular formula is C21H24O6. The lowest BCUT2D eigenvalue weighted by molar-refractivity contribution is 0.0977. The van der Waals surface area contributed by atoms with Crippen molar-refractivity contribution in [2.45, 2.75) is 46.0 Å². The van der Waals surface area contributed by atoms with Gasteiger partial charge in [-0.05, 0) is 51.0 Å². The van der Waals surface area contributed by atoms with Gasteiger partial charge in [-0.25, -0.2) is 0 Å². The Kier molecular flexibility index (Phi) is 6.45. The van der Waals surface area contributed by atoms with E-state index < -0.39 is 0 Å². The van der Waals surface area contributed by atoms with E-state index in [9.17, 15) is 30.0 Å². The average molecular weight is 372 g/mol. The molecule has 2 aromatic carbocycles. The molecule has 6 heteroatoms. The van der Waals surface area contributed by atoms with Gasteiger partial charge in [0.15, 0.2) is 11.6 Å². The fraction of sp³-hybridized carbons (Fsp3) is 0.333. The summed E-state index contributed by atoms with van der Waals surface area (Å²) in [4.78, 5) is 24.3. The zero-order valence-electron chi connectivity index (χ0n) is 15.5. The van der Waals surface area contributed by atoms with E-state index in [4.69, 9.17) is 0 Å². The number of ketones is 2. The molecule has 0 aliphatic carbocycles. The minimum atomic E-state index is -0.180. The maximum absolute atomic E-state index is 12.1. The maximum Gasteiger partial charge on any atom is 0.163 e. The zero-order chi connectivity index (χ0) is 20.1. The Balaban J connectivity index is 1.80. The highest BCUT2D eigenvalue weighted by atomic mass is 16.3. The van der Waals surface area contributed by atoms with Crippen LogP contribution in [0.5, 0.6) is 23.0 Å². The molecule has 0 unspecified atom stereocenters. The topological polar surface area (TPSA) is 115 Å². The molecule has 0 aliphatic rings. The van der Waals surface area contributed by atoms with Crippen molar-refractivity contribution >= 4 is 11.6 Å². The molecule has 0 atom stereocenters. The molecule has 2 rings (SSSR count). The fourth-order valence-corrected chi connectivity index (χ4v) is 2.73. The summed E-state index contributed by atoms with van der Waals surface area (Å²) < 4.78 is 0. The summed E-state index contributed by atoms with van der Waals surface area (Å²) in [6.45, 7) is 3.12. The minimum absolute atomic E-state index is 0.117. The normalized spacial score (nSPS) is 10.7. The van der Waals surface area contributed by atoms with Gasteiger partial charge in [0.05, 0.1) is 0 Å². The Bertz CT molecular complexity index is 751. The Morgan fingerprint density at radius 1 is 0.630 bits per heavy atom. The molecule has 144 valence electrons. The van der Waals surface area contributed by atoms with Crippen molar-refractivity contribution in [3.8, 4) is 23.0 Å². The quantitative estimate of drug-likeness (QED) is 0.409. The maximum atomic E-state index is 12.1. The van der Waals surface area contributed by atoms with Crippen LogP contribution < -0.4 is 0 Å². The van der Waals surface area contributed by atoms with E-state index in [1.807, 2.05) is 0 Å². The molecule has 0 aromatic heterocycles. The number of hydrogen-bond donors (Lipinski definition) is 4. The molecular weight excluding hydrogens is 348 g/mol. The smallest absolute Gasteiger partial charge is 0.163 e. The molecule has 0 fully saturated rings. The lowest BCUT2D eigenvalue weighted by Crippen LogP contribution is -2.01. The largest absolute Gasteiger partial charge is 0.508 e. The number of carbonyl (C=O) groups excluding carboxylic acids is 2. The second kappa shape index (κ2) is 8.58. The van der Waals surface area contributed by atoms with Crippen molar-refractivity contribution in [1.82, 2.24) is 0 Å². The molecule has 4 N–H and O–H groups in total. The van der Waals surface area contributed by atoms with Gasteiger partial charge >= 0.3 is 0 Å². The fourth-order valence-electron chi connectivity index (χ4n) is 2.73. The van der Waals surface area contributed by atoms with Crippen LogP contribution in [0.2, 0.25) is 0 Å². The van der Waals surface area contributed by atoms with Gasteiger partial charge in [-0.15, -0.1) is 0 Å². The van der Waals surface area contributed by atoms with Gasteiger partial charge in [0.1, 0.15) is 23.0 Å². The first kappa shape index (κ1) is 20.3. The summed E-state index contributed by atoms with van der Waals surface area (Å²) in [6, 6.07) is 5.38. The number of hydrogen-bond acceptors (Lipinski definition) is 6. The molecule has 0 heterocycles. The van der Waals surface area contributed by atoms with E-state index in [2.05, 4.69) is 0 Å². The summed E-state index contributed by atoms with van der Waals surface area (Å²) in [7, 11) is 0. The van der Waals surface area contributed by atoms with Crippen LogP contribution in [-0.4, -0.2) is 32.0 Å². The second-order valence-electron chi connectivity index (χ2n) is 6.69. The molecule has 0 amide bonds. The molecule has 0 radical (unpaired) electrons. The van der Waals surface area contributed by atoms with Gasteiger partial charge < -0.3 is 20.4 Å². The van der Waals surface area contributed by atoms with Crippen molar-refractivity contribution in [3.05, 3.63) is 46.5 Å². The Morgan fingerprint density at radius 3 is 1.22 bits per heavy atom. The van der Waals surface area contributed by atoms with E-state index >= 15 is 0 Å². The number of carbonyl (C=O) groups is 2. The molecule has 2 aromatic rings. The molecule has 0 aliphatic heterocycles. The SMILES string of the molecule is Cc1c(O)cc(C(=O)CCCCCC(=O)c2cc(O)c(C)c(O)c2)cc1O. The number of phenolic OH excluding ortho intramolecular Hbond substituents is 4. The first-order valence-electron chi connectivity index (χ1n) is 8.82. The van der Waals surface area contributed by atoms with E-state index in [1.54, 1.807) is 13.8 Å². The van der Waals surface area contributed by atoms with Crippen LogP contribution in [0.1, 0.15) is 63.9 Å². The number of Topliss-reactive ketones (excluding diaryl/α,β-unsaturated/α-hetero) is 2. The molecule has 0 saturated heterocycles. The lowest BCUT2D eigenvalue weighted by Gasteiger charge is -2.07. The van der Waals surface area contributed by atoms with Gasteiger partial charge in [-0.2, -0.15) is 0 Å². The Hall–Kier alpha value is -3.02. The summed E-state index contributed by atoms with van der Waals surface area (Å²) >= 11 is 0. The van der Waals surface area contributed by atoms with Crippen molar-refractivity contribution in [2.75, 3.05) is 0 Å². The van der Waals surface area contributed by atoms with Crippen LogP contribution >= 0.6 is 0 Å². The van der Waals surface area contributed by atoms with Gasteiger partial charge in [0.25, 0.3) is 0 Å². The molecule has 0 spiro atoms. The highest BCUT2D eigenvalue weighted by Crippen LogP contribution is 2.29. The third-order valence-corrected chi connectivity index (χ3v) is 4.66. The van der Waals surface area contributed by atoms with E-state index in [1.165, 1.54) is 24.3 Å². The van der Waals surface area contributed by atoms with E-state index in [0.29, 0.717) is 30.4 Å². The van der Waals surface area contributed by atoms with Crippen LogP contribution in [0.15, 0.2) is 24.3 Å². The Labute approximate surface area is 157 Å². The first-order valence-corrected chi connectivity index (χ1v) is 8.82. The highest BCUT2D eigenvalue weighted by molar-refractivity contribution is 5.97. The predicted octanol–water partition coefficient (Wildman–Crippen LogP) is 4.14. The van der Waals surface area contributed by atoms with Crippen molar-refractivity contribution in [1.29, 1.82) is 0 Å². The lowest BCUT2D eigenvalue weighted by atomic mass is 9.99. The average Bonchev–Trinajstić information content (AvgIpc) is 2.62. The van der Waals surface area contributed by atoms with Crippen LogP contribution in [-0.2, 0) is 0 Å². The molecule has 0 saturated carbocycles. The van der Waals surface area contributed by atoms with Crippen molar-refractivity contribution in [3.63, 3.8) is 0 Å². The van der Waals surface area contributed by atoms with E-state index in [-0.39, 0.29) is 58.5 Å². The molecule has 0 bridgehead atoms. The summed E-state index contributed by atoms with van der Waals surface area (Å²) in [6.07, 6.45) is 2.31. The zero-order valence-corrected chi connectivity index (χ0v) is 15.5.